The first-order valence-electron chi connectivity index (χ1n) is 9.96. The average molecular weight is 340 g/mol. The van der Waals surface area contributed by atoms with Gasteiger partial charge < -0.3 is 15.2 Å². The van der Waals surface area contributed by atoms with Gasteiger partial charge in [-0.2, -0.15) is 0 Å². The zero-order valence-corrected chi connectivity index (χ0v) is 13.9. The second-order valence-electron chi connectivity index (χ2n) is 6.39. The first kappa shape index (κ1) is 13.1. The Morgan fingerprint density at radius 3 is 1.76 bits per heavy atom. The highest BCUT2D eigenvalue weighted by molar-refractivity contribution is 5.79. The highest BCUT2D eigenvalue weighted by Crippen LogP contribution is 2.52. The number of nitrogens with two attached hydrogens (primary N) is 1. The topological polar surface area (TPSA) is 61.6 Å². The molecular formula is C21H23NO3. The molecule has 1 aliphatic heterocycles. The number of ether oxygens (including phenoxy) is 2. The minimum atomic E-state index is -2.26. The van der Waals surface area contributed by atoms with Crippen LogP contribution in [-0.4, -0.2) is 24.9 Å². The molecule has 1 unspecified atom stereocenters. The van der Waals surface area contributed by atoms with Crippen molar-refractivity contribution in [3.8, 4) is 0 Å². The lowest BCUT2D eigenvalue weighted by Crippen LogP contribution is -2.47. The lowest BCUT2D eigenvalue weighted by molar-refractivity contribution is -0.192. The Labute approximate surface area is 152 Å². The van der Waals surface area contributed by atoms with E-state index in [9.17, 15) is 8.91 Å². The molecule has 2 N–H and O–H groups in total. The molecule has 1 saturated heterocycles. The Balaban J connectivity index is 2.00. The molecule has 4 heteroatoms. The molecular weight excluding hydrogens is 314 g/mol. The van der Waals surface area contributed by atoms with E-state index in [1.165, 1.54) is 0 Å². The van der Waals surface area contributed by atoms with Crippen molar-refractivity contribution in [1.29, 1.82) is 0 Å². The van der Waals surface area contributed by atoms with Crippen molar-refractivity contribution in [2.24, 2.45) is 11.6 Å². The Hall–Kier alpha value is -2.17. The van der Waals surface area contributed by atoms with E-state index >= 15 is 0 Å². The van der Waals surface area contributed by atoms with E-state index in [1.54, 1.807) is 60.7 Å². The summed E-state index contributed by atoms with van der Waals surface area (Å²) in [6, 6.07) is 17.4. The Morgan fingerprint density at radius 2 is 1.36 bits per heavy atom. The van der Waals surface area contributed by atoms with Gasteiger partial charge in [-0.25, -0.2) is 0 Å². The van der Waals surface area contributed by atoms with Gasteiger partial charge in [0, 0.05) is 28.7 Å². The van der Waals surface area contributed by atoms with Crippen LogP contribution in [0.4, 0.5) is 0 Å². The van der Waals surface area contributed by atoms with Gasteiger partial charge >= 0.3 is 0 Å². The number of primary amides is 1. The van der Waals surface area contributed by atoms with Crippen molar-refractivity contribution in [2.45, 2.75) is 30.4 Å². The summed E-state index contributed by atoms with van der Waals surface area (Å²) >= 11 is 0. The van der Waals surface area contributed by atoms with Gasteiger partial charge in [0.25, 0.3) is 0 Å². The van der Waals surface area contributed by atoms with Crippen LogP contribution >= 0.6 is 0 Å². The summed E-state index contributed by atoms with van der Waals surface area (Å²) in [7, 11) is 0. The van der Waals surface area contributed by atoms with E-state index in [0.29, 0.717) is 24.3 Å². The van der Waals surface area contributed by atoms with Crippen LogP contribution in [-0.2, 0) is 14.3 Å². The van der Waals surface area contributed by atoms with Crippen LogP contribution in [0.5, 0.6) is 0 Å². The van der Waals surface area contributed by atoms with Crippen LogP contribution in [0.1, 0.15) is 39.9 Å². The van der Waals surface area contributed by atoms with E-state index in [-0.39, 0.29) is 12.8 Å². The van der Waals surface area contributed by atoms with Crippen LogP contribution in [0.25, 0.3) is 0 Å². The van der Waals surface area contributed by atoms with Crippen LogP contribution in [0.15, 0.2) is 60.7 Å². The number of rotatable bonds is 3. The molecule has 130 valence electrons. The number of amides is 1. The first-order chi connectivity index (χ1) is 13.3. The third-order valence-electron chi connectivity index (χ3n) is 4.80. The summed E-state index contributed by atoms with van der Waals surface area (Å²) < 4.78 is 39.8. The van der Waals surface area contributed by atoms with Gasteiger partial charge in [0.05, 0.1) is 19.1 Å². The normalized spacial score (nSPS) is 38.6. The molecule has 1 amide bonds. The van der Waals surface area contributed by atoms with Crippen LogP contribution in [0.3, 0.4) is 0 Å². The molecule has 0 radical (unpaired) electrons. The van der Waals surface area contributed by atoms with Crippen LogP contribution in [0.2, 0.25) is 0 Å². The largest absolute Gasteiger partial charge is 0.369 e. The van der Waals surface area contributed by atoms with Crippen molar-refractivity contribution >= 4 is 5.91 Å². The molecule has 1 saturated carbocycles. The van der Waals surface area contributed by atoms with Gasteiger partial charge in [0.15, 0.2) is 5.79 Å². The number of benzene rings is 2. The van der Waals surface area contributed by atoms with Crippen molar-refractivity contribution < 1.29 is 18.4 Å². The van der Waals surface area contributed by atoms with Gasteiger partial charge in [0.1, 0.15) is 0 Å². The van der Waals surface area contributed by atoms with Crippen LogP contribution in [0, 0.1) is 5.89 Å². The van der Waals surface area contributed by atoms with Gasteiger partial charge in [-0.1, -0.05) is 60.7 Å². The predicted octanol–water partition coefficient (Wildman–Crippen LogP) is 3.19. The maximum atomic E-state index is 12.8. The molecule has 2 fully saturated rings. The predicted molar refractivity (Wildman–Crippen MR) is 94.9 cm³/mol. The molecule has 4 nitrogen and oxygen atoms in total. The molecule has 1 aliphatic carbocycles. The third kappa shape index (κ3) is 3.08. The SMILES string of the molecule is [2H]C1(C(N)=O)[C@]([2H])(c2ccccc2)CC2(C[C@]1([2H])c1ccccc1)OCCO2. The zero-order valence-electron chi connectivity index (χ0n) is 16.9. The molecule has 0 aromatic heterocycles. The minimum absolute atomic E-state index is 0.0517. The second kappa shape index (κ2) is 6.62. The molecule has 1 spiro atoms. The second-order valence-corrected chi connectivity index (χ2v) is 6.39. The summed E-state index contributed by atoms with van der Waals surface area (Å²) in [5.41, 5.74) is 6.65. The first-order valence-corrected chi connectivity index (χ1v) is 8.46. The summed E-state index contributed by atoms with van der Waals surface area (Å²) in [6.45, 7) is 0.689. The summed E-state index contributed by atoms with van der Waals surface area (Å²) in [5, 5.41) is 0. The minimum Gasteiger partial charge on any atom is -0.369 e. The Kier molecular flexibility index (Phi) is 3.47. The molecule has 0 bridgehead atoms. The van der Waals surface area contributed by atoms with Crippen LogP contribution < -0.4 is 5.73 Å². The third-order valence-corrected chi connectivity index (χ3v) is 4.80. The van der Waals surface area contributed by atoms with Crippen molar-refractivity contribution in [3.05, 3.63) is 71.8 Å². The molecule has 2 aliphatic rings. The van der Waals surface area contributed by atoms with Gasteiger partial charge in [-0.15, -0.1) is 0 Å². The van der Waals surface area contributed by atoms with Gasteiger partial charge in [0.2, 0.25) is 5.91 Å². The summed E-state index contributed by atoms with van der Waals surface area (Å²) in [6.07, 6.45) is -0.103. The number of hydrogen-bond acceptors (Lipinski definition) is 3. The highest BCUT2D eigenvalue weighted by Gasteiger charge is 2.52. The van der Waals surface area contributed by atoms with E-state index in [2.05, 4.69) is 0 Å². The van der Waals surface area contributed by atoms with Crippen molar-refractivity contribution in [3.63, 3.8) is 0 Å². The van der Waals surface area contributed by atoms with E-state index < -0.39 is 29.4 Å². The maximum Gasteiger partial charge on any atom is 0.221 e. The molecule has 2 aromatic carbocycles. The van der Waals surface area contributed by atoms with Crippen molar-refractivity contribution in [1.82, 2.24) is 0 Å². The number of carbonyl (C=O) groups excluding carboxylic acids is 1. The highest BCUT2D eigenvalue weighted by atomic mass is 16.7. The van der Waals surface area contributed by atoms with Crippen molar-refractivity contribution in [2.75, 3.05) is 13.2 Å². The molecule has 25 heavy (non-hydrogen) atoms. The molecule has 1 heterocycles. The van der Waals surface area contributed by atoms with E-state index in [1.807, 2.05) is 0 Å². The zero-order chi connectivity index (χ0) is 20.0. The fraction of sp³-hybridized carbons (Fsp3) is 0.381. The quantitative estimate of drug-likeness (QED) is 0.933. The molecule has 4 rings (SSSR count). The average Bonchev–Trinajstić information content (AvgIpc) is 3.14. The lowest BCUT2D eigenvalue weighted by atomic mass is 9.64. The van der Waals surface area contributed by atoms with E-state index in [4.69, 9.17) is 15.2 Å². The summed E-state index contributed by atoms with van der Waals surface area (Å²) in [4.78, 5) is 12.8. The fourth-order valence-corrected chi connectivity index (χ4v) is 3.73. The number of hydrogen-bond donors (Lipinski definition) is 1. The van der Waals surface area contributed by atoms with Gasteiger partial charge in [-0.3, -0.25) is 4.79 Å². The standard InChI is InChI=1S/C21H23NO3/c22-20(23)19-17(15-7-3-1-4-8-15)13-21(24-11-12-25-21)14-18(19)16-9-5-2-6-10-16/h1-10,17-19H,11-14H2,(H2,22,23)/t17-,18+,19?/i17D,18D,19D. The number of carbonyl (C=O) groups is 1. The fourth-order valence-electron chi connectivity index (χ4n) is 3.73. The Morgan fingerprint density at radius 1 is 0.920 bits per heavy atom. The maximum absolute atomic E-state index is 12.8. The monoisotopic (exact) mass is 340 g/mol. The lowest BCUT2D eigenvalue weighted by Gasteiger charge is -2.45. The molecule has 3 atom stereocenters. The summed E-state index contributed by atoms with van der Waals surface area (Å²) in [5.74, 6) is -8.14. The van der Waals surface area contributed by atoms with E-state index in [0.717, 1.165) is 0 Å². The Bertz CT molecular complexity index is 815. The molecule has 2 aromatic rings. The smallest absolute Gasteiger partial charge is 0.221 e. The van der Waals surface area contributed by atoms with Gasteiger partial charge in [-0.05, 0) is 11.1 Å².